The Bertz CT molecular complexity index is 566. The first-order chi connectivity index (χ1) is 9.36. The summed E-state index contributed by atoms with van der Waals surface area (Å²) in [6.45, 7) is 0.563. The summed E-state index contributed by atoms with van der Waals surface area (Å²) in [7, 11) is 1.74. The number of hydrogen-bond donors (Lipinski definition) is 0. The molecule has 1 aliphatic carbocycles. The Balaban J connectivity index is 1.78. The fraction of sp³-hybridized carbons (Fsp3) is 0.312. The Kier molecular flexibility index (Phi) is 3.36. The Morgan fingerprint density at radius 2 is 2.00 bits per heavy atom. The molecule has 0 N–H and O–H groups in total. The predicted molar refractivity (Wildman–Crippen MR) is 73.6 cm³/mol. The van der Waals surface area contributed by atoms with Crippen LogP contribution in [0.3, 0.4) is 0 Å². The molecule has 0 saturated heterocycles. The molecule has 0 aliphatic heterocycles. The largest absolute Gasteiger partial charge is 0.496 e. The zero-order valence-corrected chi connectivity index (χ0v) is 11.1. The van der Waals surface area contributed by atoms with E-state index in [0.717, 1.165) is 29.9 Å². The zero-order valence-electron chi connectivity index (χ0n) is 11.1. The topological polar surface area (TPSA) is 31.4 Å². The van der Waals surface area contributed by atoms with Gasteiger partial charge in [-0.25, -0.2) is 0 Å². The Morgan fingerprint density at radius 3 is 2.79 bits per heavy atom. The second-order valence-electron chi connectivity index (χ2n) is 4.76. The monoisotopic (exact) mass is 255 g/mol. The van der Waals surface area contributed by atoms with Crippen LogP contribution in [0.25, 0.3) is 0 Å². The van der Waals surface area contributed by atoms with Crippen molar-refractivity contribution in [2.45, 2.75) is 25.9 Å². The van der Waals surface area contributed by atoms with Crippen LogP contribution < -0.4 is 9.47 Å². The first-order valence-electron chi connectivity index (χ1n) is 6.58. The first kappa shape index (κ1) is 12.0. The minimum absolute atomic E-state index is 0.563. The van der Waals surface area contributed by atoms with Gasteiger partial charge in [0.2, 0.25) is 0 Å². The summed E-state index contributed by atoms with van der Waals surface area (Å²) >= 11 is 0. The summed E-state index contributed by atoms with van der Waals surface area (Å²) < 4.78 is 11.2. The Morgan fingerprint density at radius 1 is 1.16 bits per heavy atom. The normalized spacial score (nSPS) is 13.1. The molecule has 3 nitrogen and oxygen atoms in total. The van der Waals surface area contributed by atoms with Gasteiger partial charge in [-0.3, -0.25) is 4.98 Å². The van der Waals surface area contributed by atoms with Crippen molar-refractivity contribution in [2.75, 3.05) is 7.11 Å². The minimum atomic E-state index is 0.563. The predicted octanol–water partition coefficient (Wildman–Crippen LogP) is 3.16. The maximum atomic E-state index is 5.76. The van der Waals surface area contributed by atoms with E-state index >= 15 is 0 Å². The van der Waals surface area contributed by atoms with Crippen LogP contribution in [-0.4, -0.2) is 12.1 Å². The SMILES string of the molecule is COc1cc(COc2ccncc2)cc2c1CCC2. The van der Waals surface area contributed by atoms with Crippen LogP contribution in [0.15, 0.2) is 36.7 Å². The molecule has 0 saturated carbocycles. The Hall–Kier alpha value is -2.03. The molecule has 1 aromatic carbocycles. The summed E-state index contributed by atoms with van der Waals surface area (Å²) in [6.07, 6.45) is 6.97. The molecule has 0 bridgehead atoms. The Labute approximate surface area is 113 Å². The molecule has 1 heterocycles. The van der Waals surface area contributed by atoms with Gasteiger partial charge in [0.05, 0.1) is 7.11 Å². The number of methoxy groups -OCH3 is 1. The molecule has 0 spiro atoms. The zero-order chi connectivity index (χ0) is 13.1. The summed E-state index contributed by atoms with van der Waals surface area (Å²) in [5.74, 6) is 1.85. The van der Waals surface area contributed by atoms with Gasteiger partial charge in [0, 0.05) is 12.4 Å². The quantitative estimate of drug-likeness (QED) is 0.841. The average Bonchev–Trinajstić information content (AvgIpc) is 2.93. The van der Waals surface area contributed by atoms with E-state index in [4.69, 9.17) is 9.47 Å². The van der Waals surface area contributed by atoms with Crippen molar-refractivity contribution < 1.29 is 9.47 Å². The van der Waals surface area contributed by atoms with Crippen LogP contribution in [-0.2, 0) is 19.4 Å². The molecule has 1 aromatic heterocycles. The maximum Gasteiger partial charge on any atom is 0.122 e. The van der Waals surface area contributed by atoms with Crippen molar-refractivity contribution in [3.63, 3.8) is 0 Å². The van der Waals surface area contributed by atoms with Gasteiger partial charge >= 0.3 is 0 Å². The molecule has 19 heavy (non-hydrogen) atoms. The van der Waals surface area contributed by atoms with Crippen molar-refractivity contribution in [3.8, 4) is 11.5 Å². The molecule has 0 unspecified atom stereocenters. The van der Waals surface area contributed by atoms with E-state index in [1.807, 2.05) is 12.1 Å². The van der Waals surface area contributed by atoms with Gasteiger partial charge < -0.3 is 9.47 Å². The second kappa shape index (κ2) is 5.31. The summed E-state index contributed by atoms with van der Waals surface area (Å²) in [5, 5.41) is 0. The highest BCUT2D eigenvalue weighted by Gasteiger charge is 2.16. The summed E-state index contributed by atoms with van der Waals surface area (Å²) in [4.78, 5) is 3.97. The van der Waals surface area contributed by atoms with Gasteiger partial charge in [0.25, 0.3) is 0 Å². The molecule has 0 amide bonds. The fourth-order valence-corrected chi connectivity index (χ4v) is 2.60. The van der Waals surface area contributed by atoms with E-state index in [-0.39, 0.29) is 0 Å². The van der Waals surface area contributed by atoms with Crippen LogP contribution >= 0.6 is 0 Å². The molecule has 3 rings (SSSR count). The van der Waals surface area contributed by atoms with Crippen LogP contribution in [0, 0.1) is 0 Å². The molecular formula is C16H17NO2. The molecule has 2 aromatic rings. The molecule has 0 fully saturated rings. The lowest BCUT2D eigenvalue weighted by molar-refractivity contribution is 0.304. The summed E-state index contributed by atoms with van der Waals surface area (Å²) in [6, 6.07) is 8.06. The fourth-order valence-electron chi connectivity index (χ4n) is 2.60. The lowest BCUT2D eigenvalue weighted by Gasteiger charge is -2.11. The number of ether oxygens (including phenoxy) is 2. The number of pyridine rings is 1. The van der Waals surface area contributed by atoms with E-state index in [0.29, 0.717) is 6.61 Å². The third-order valence-electron chi connectivity index (χ3n) is 3.51. The lowest BCUT2D eigenvalue weighted by atomic mass is 10.1. The molecular weight excluding hydrogens is 238 g/mol. The molecule has 98 valence electrons. The van der Waals surface area contributed by atoms with Gasteiger partial charge in [-0.05, 0) is 54.2 Å². The van der Waals surface area contributed by atoms with Crippen molar-refractivity contribution >= 4 is 0 Å². The molecule has 0 radical (unpaired) electrons. The molecule has 0 atom stereocenters. The number of fused-ring (bicyclic) bond motifs is 1. The van der Waals surface area contributed by atoms with E-state index in [2.05, 4.69) is 17.1 Å². The van der Waals surface area contributed by atoms with E-state index in [9.17, 15) is 0 Å². The van der Waals surface area contributed by atoms with Crippen molar-refractivity contribution in [3.05, 3.63) is 53.3 Å². The van der Waals surface area contributed by atoms with Crippen molar-refractivity contribution in [1.29, 1.82) is 0 Å². The van der Waals surface area contributed by atoms with E-state index < -0.39 is 0 Å². The highest BCUT2D eigenvalue weighted by molar-refractivity contribution is 5.46. The first-order valence-corrected chi connectivity index (χ1v) is 6.58. The van der Waals surface area contributed by atoms with E-state index in [1.165, 1.54) is 17.5 Å². The van der Waals surface area contributed by atoms with Crippen LogP contribution in [0.2, 0.25) is 0 Å². The number of nitrogens with zero attached hydrogens (tertiary/aromatic N) is 1. The van der Waals surface area contributed by atoms with Gasteiger partial charge in [-0.2, -0.15) is 0 Å². The average molecular weight is 255 g/mol. The number of hydrogen-bond acceptors (Lipinski definition) is 3. The minimum Gasteiger partial charge on any atom is -0.496 e. The van der Waals surface area contributed by atoms with Crippen LogP contribution in [0.5, 0.6) is 11.5 Å². The number of rotatable bonds is 4. The van der Waals surface area contributed by atoms with Gasteiger partial charge in [0.15, 0.2) is 0 Å². The van der Waals surface area contributed by atoms with Crippen molar-refractivity contribution in [1.82, 2.24) is 4.98 Å². The summed E-state index contributed by atoms with van der Waals surface area (Å²) in [5.41, 5.74) is 3.94. The standard InChI is InChI=1S/C16H17NO2/c1-18-16-10-12(9-13-3-2-4-15(13)16)11-19-14-5-7-17-8-6-14/h5-10H,2-4,11H2,1H3. The second-order valence-corrected chi connectivity index (χ2v) is 4.76. The van der Waals surface area contributed by atoms with E-state index in [1.54, 1.807) is 19.5 Å². The van der Waals surface area contributed by atoms with Gasteiger partial charge in [-0.15, -0.1) is 0 Å². The van der Waals surface area contributed by atoms with Gasteiger partial charge in [0.1, 0.15) is 18.1 Å². The highest BCUT2D eigenvalue weighted by Crippen LogP contribution is 2.32. The maximum absolute atomic E-state index is 5.76. The third-order valence-corrected chi connectivity index (χ3v) is 3.51. The molecule has 1 aliphatic rings. The van der Waals surface area contributed by atoms with Crippen LogP contribution in [0.1, 0.15) is 23.1 Å². The number of aromatic nitrogens is 1. The van der Waals surface area contributed by atoms with Crippen molar-refractivity contribution in [2.24, 2.45) is 0 Å². The smallest absolute Gasteiger partial charge is 0.122 e. The lowest BCUT2D eigenvalue weighted by Crippen LogP contribution is -1.99. The molecule has 3 heteroatoms. The third kappa shape index (κ3) is 2.55. The number of benzene rings is 1. The van der Waals surface area contributed by atoms with Crippen LogP contribution in [0.4, 0.5) is 0 Å². The number of aryl methyl sites for hydroxylation is 1. The van der Waals surface area contributed by atoms with Gasteiger partial charge in [-0.1, -0.05) is 6.07 Å². The highest BCUT2D eigenvalue weighted by atomic mass is 16.5.